The molecule has 0 atom stereocenters. The summed E-state index contributed by atoms with van der Waals surface area (Å²) in [5.74, 6) is 0.388. The van der Waals surface area contributed by atoms with Gasteiger partial charge < -0.3 is 16.4 Å². The van der Waals surface area contributed by atoms with Gasteiger partial charge in [-0.2, -0.15) is 0 Å². The van der Waals surface area contributed by atoms with Gasteiger partial charge in [-0.25, -0.2) is 4.99 Å². The second-order valence-electron chi connectivity index (χ2n) is 6.61. The van der Waals surface area contributed by atoms with E-state index in [4.69, 9.17) is 5.73 Å². The summed E-state index contributed by atoms with van der Waals surface area (Å²) in [6, 6.07) is 8.27. The molecule has 1 rings (SSSR count). The second-order valence-corrected chi connectivity index (χ2v) is 6.61. The first-order valence-corrected chi connectivity index (χ1v) is 9.01. The fourth-order valence-corrected chi connectivity index (χ4v) is 2.70. The van der Waals surface area contributed by atoms with Crippen LogP contribution in [-0.4, -0.2) is 48.5 Å². The van der Waals surface area contributed by atoms with Crippen molar-refractivity contribution in [3.8, 4) is 0 Å². The smallest absolute Gasteiger partial charge is 0.248 e. The van der Waals surface area contributed by atoms with E-state index < -0.39 is 5.91 Å². The molecule has 0 fully saturated rings. The van der Waals surface area contributed by atoms with Crippen molar-refractivity contribution in [3.05, 3.63) is 35.4 Å². The van der Waals surface area contributed by atoms with Crippen molar-refractivity contribution >= 4 is 35.8 Å². The number of nitrogens with one attached hydrogen (secondary N) is 2. The highest BCUT2D eigenvalue weighted by Crippen LogP contribution is 2.05. The van der Waals surface area contributed by atoms with Gasteiger partial charge in [0.1, 0.15) is 0 Å². The van der Waals surface area contributed by atoms with Crippen molar-refractivity contribution in [3.63, 3.8) is 0 Å². The third kappa shape index (κ3) is 8.84. The Morgan fingerprint density at radius 1 is 1.12 bits per heavy atom. The highest BCUT2D eigenvalue weighted by molar-refractivity contribution is 14.0. The van der Waals surface area contributed by atoms with Crippen molar-refractivity contribution in [2.24, 2.45) is 10.7 Å². The molecule has 0 aliphatic rings. The van der Waals surface area contributed by atoms with E-state index in [-0.39, 0.29) is 24.0 Å². The molecule has 0 spiro atoms. The largest absolute Gasteiger partial charge is 0.366 e. The number of nitrogens with zero attached hydrogens (tertiary/aromatic N) is 2. The number of aliphatic imine (C=N–C) groups is 1. The summed E-state index contributed by atoms with van der Waals surface area (Å²) >= 11 is 0. The molecule has 1 aromatic rings. The van der Waals surface area contributed by atoms with Gasteiger partial charge >= 0.3 is 0 Å². The third-order valence-electron chi connectivity index (χ3n) is 3.99. The highest BCUT2D eigenvalue weighted by atomic mass is 127. The van der Waals surface area contributed by atoms with Gasteiger partial charge in [0.25, 0.3) is 0 Å². The van der Waals surface area contributed by atoms with Crippen molar-refractivity contribution in [2.75, 3.05) is 19.6 Å². The highest BCUT2D eigenvalue weighted by Gasteiger charge is 2.12. The number of rotatable bonds is 9. The van der Waals surface area contributed by atoms with Crippen molar-refractivity contribution in [2.45, 2.75) is 53.2 Å². The van der Waals surface area contributed by atoms with E-state index in [1.807, 2.05) is 19.1 Å². The molecule has 1 aromatic carbocycles. The fraction of sp³-hybridized carbons (Fsp3) is 0.579. The van der Waals surface area contributed by atoms with E-state index in [0.717, 1.165) is 31.2 Å². The summed E-state index contributed by atoms with van der Waals surface area (Å²) < 4.78 is 0. The van der Waals surface area contributed by atoms with Gasteiger partial charge in [0.05, 0.1) is 6.54 Å². The van der Waals surface area contributed by atoms with E-state index >= 15 is 0 Å². The molecule has 0 aromatic heterocycles. The van der Waals surface area contributed by atoms with Crippen LogP contribution in [0.15, 0.2) is 29.3 Å². The van der Waals surface area contributed by atoms with Gasteiger partial charge in [-0.3, -0.25) is 9.69 Å². The lowest BCUT2D eigenvalue weighted by molar-refractivity contribution is 0.100. The number of benzene rings is 1. The molecule has 7 heteroatoms. The third-order valence-corrected chi connectivity index (χ3v) is 3.99. The molecule has 0 saturated carbocycles. The van der Waals surface area contributed by atoms with Crippen LogP contribution in [0, 0.1) is 0 Å². The molecule has 0 aliphatic carbocycles. The minimum Gasteiger partial charge on any atom is -0.366 e. The van der Waals surface area contributed by atoms with Crippen LogP contribution in [0.1, 0.15) is 50.5 Å². The standard InChI is InChI=1S/C19H33N5O.HI/c1-6-21-19(22-11-12-24(14(2)3)15(4)5)23-13-16-7-9-17(10-8-16)18(20)25;/h7-10,14-15H,6,11-13H2,1-5H3,(H2,20,25)(H2,21,22,23);1H. The monoisotopic (exact) mass is 475 g/mol. The molecule has 6 nitrogen and oxygen atoms in total. The van der Waals surface area contributed by atoms with Crippen LogP contribution in [0.2, 0.25) is 0 Å². The number of carbonyl (C=O) groups excluding carboxylic acids is 1. The molecule has 0 radical (unpaired) electrons. The van der Waals surface area contributed by atoms with E-state index in [1.54, 1.807) is 12.1 Å². The SMILES string of the molecule is CCNC(=NCc1ccc(C(N)=O)cc1)NCCN(C(C)C)C(C)C.I. The first-order chi connectivity index (χ1) is 11.8. The van der Waals surface area contributed by atoms with Gasteiger partial charge in [-0.15, -0.1) is 24.0 Å². The van der Waals surface area contributed by atoms with Gasteiger partial charge in [-0.05, 0) is 52.3 Å². The quantitative estimate of drug-likeness (QED) is 0.291. The molecule has 0 unspecified atom stereocenters. The first-order valence-electron chi connectivity index (χ1n) is 9.01. The van der Waals surface area contributed by atoms with Crippen LogP contribution in [-0.2, 0) is 6.54 Å². The van der Waals surface area contributed by atoms with Gasteiger partial charge in [0.15, 0.2) is 5.96 Å². The summed E-state index contributed by atoms with van der Waals surface area (Å²) in [5, 5.41) is 6.64. The molecule has 148 valence electrons. The van der Waals surface area contributed by atoms with Gasteiger partial charge in [0, 0.05) is 37.3 Å². The number of hydrogen-bond acceptors (Lipinski definition) is 3. The fourth-order valence-electron chi connectivity index (χ4n) is 2.70. The zero-order chi connectivity index (χ0) is 18.8. The minimum atomic E-state index is -0.412. The normalized spacial score (nSPS) is 11.6. The van der Waals surface area contributed by atoms with Crippen molar-refractivity contribution < 1.29 is 4.79 Å². The van der Waals surface area contributed by atoms with E-state index in [9.17, 15) is 4.79 Å². The van der Waals surface area contributed by atoms with Crippen molar-refractivity contribution in [1.82, 2.24) is 15.5 Å². The van der Waals surface area contributed by atoms with Crippen LogP contribution in [0.25, 0.3) is 0 Å². The maximum atomic E-state index is 11.1. The summed E-state index contributed by atoms with van der Waals surface area (Å²) in [4.78, 5) is 18.2. The number of carbonyl (C=O) groups is 1. The molecule has 0 bridgehead atoms. The lowest BCUT2D eigenvalue weighted by atomic mass is 10.1. The Kier molecular flexibility index (Phi) is 12.2. The molecule has 0 aliphatic heterocycles. The molecular formula is C19H34IN5O. The predicted molar refractivity (Wildman–Crippen MR) is 120 cm³/mol. The van der Waals surface area contributed by atoms with E-state index in [2.05, 4.69) is 48.2 Å². The second kappa shape index (κ2) is 12.9. The van der Waals surface area contributed by atoms with E-state index in [0.29, 0.717) is 24.2 Å². The van der Waals surface area contributed by atoms with Crippen LogP contribution in [0.3, 0.4) is 0 Å². The van der Waals surface area contributed by atoms with Gasteiger partial charge in [0.2, 0.25) is 5.91 Å². The Hall–Kier alpha value is -1.35. The van der Waals surface area contributed by atoms with Crippen LogP contribution in [0.5, 0.6) is 0 Å². The Morgan fingerprint density at radius 2 is 1.69 bits per heavy atom. The minimum absolute atomic E-state index is 0. The molecule has 26 heavy (non-hydrogen) atoms. The Morgan fingerprint density at radius 3 is 2.15 bits per heavy atom. The number of halogens is 1. The average molecular weight is 475 g/mol. The van der Waals surface area contributed by atoms with Crippen LogP contribution < -0.4 is 16.4 Å². The Bertz CT molecular complexity index is 550. The Balaban J connectivity index is 0.00000625. The maximum absolute atomic E-state index is 11.1. The zero-order valence-electron chi connectivity index (χ0n) is 16.6. The number of hydrogen-bond donors (Lipinski definition) is 3. The van der Waals surface area contributed by atoms with Gasteiger partial charge in [-0.1, -0.05) is 12.1 Å². The Labute approximate surface area is 175 Å². The number of guanidine groups is 1. The van der Waals surface area contributed by atoms with Crippen LogP contribution >= 0.6 is 24.0 Å². The van der Waals surface area contributed by atoms with Crippen molar-refractivity contribution in [1.29, 1.82) is 0 Å². The number of amides is 1. The average Bonchev–Trinajstić information content (AvgIpc) is 2.56. The molecule has 0 heterocycles. The number of nitrogens with two attached hydrogens (primary N) is 1. The maximum Gasteiger partial charge on any atom is 0.248 e. The molecule has 1 amide bonds. The first kappa shape index (κ1) is 24.7. The summed E-state index contributed by atoms with van der Waals surface area (Å²) in [5.41, 5.74) is 6.81. The summed E-state index contributed by atoms with van der Waals surface area (Å²) in [6.45, 7) is 14.1. The lowest BCUT2D eigenvalue weighted by Gasteiger charge is -2.30. The van der Waals surface area contributed by atoms with Crippen LogP contribution in [0.4, 0.5) is 0 Å². The molecular weight excluding hydrogens is 441 g/mol. The molecule has 0 saturated heterocycles. The predicted octanol–water partition coefficient (Wildman–Crippen LogP) is 2.58. The number of primary amides is 1. The van der Waals surface area contributed by atoms with E-state index in [1.165, 1.54) is 0 Å². The summed E-state index contributed by atoms with van der Waals surface area (Å²) in [6.07, 6.45) is 0. The lowest BCUT2D eigenvalue weighted by Crippen LogP contribution is -2.45. The summed E-state index contributed by atoms with van der Waals surface area (Å²) in [7, 11) is 0. The topological polar surface area (TPSA) is 82.7 Å². The molecule has 4 N–H and O–H groups in total. The zero-order valence-corrected chi connectivity index (χ0v) is 18.9.